The van der Waals surface area contributed by atoms with Gasteiger partial charge in [-0.15, -0.1) is 0 Å². The topological polar surface area (TPSA) is 78.9 Å². The number of hydrogen-bond acceptors (Lipinski definition) is 6. The number of hydrogen-bond donors (Lipinski definition) is 0. The molecule has 1 unspecified atom stereocenters. The number of rotatable bonds is 57. The monoisotopic (exact) mass is 1140 g/mol. The number of esters is 3. The van der Waals surface area contributed by atoms with Gasteiger partial charge in [-0.25, -0.2) is 0 Å². The summed E-state index contributed by atoms with van der Waals surface area (Å²) in [6.45, 7) is 6.18. The molecule has 0 rings (SSSR count). The Labute approximate surface area is 509 Å². The summed E-state index contributed by atoms with van der Waals surface area (Å²) < 4.78 is 16.8. The third-order valence-electron chi connectivity index (χ3n) is 13.1. The van der Waals surface area contributed by atoms with Crippen molar-refractivity contribution in [3.63, 3.8) is 0 Å². The second-order valence-electron chi connectivity index (χ2n) is 20.9. The summed E-state index contributed by atoms with van der Waals surface area (Å²) in [5, 5.41) is 0. The molecule has 0 fully saturated rings. The molecule has 0 amide bonds. The van der Waals surface area contributed by atoms with Crippen LogP contribution in [0.4, 0.5) is 0 Å². The van der Waals surface area contributed by atoms with Crippen LogP contribution in [0.25, 0.3) is 0 Å². The van der Waals surface area contributed by atoms with Gasteiger partial charge in [-0.3, -0.25) is 14.4 Å². The first kappa shape index (κ1) is 77.2. The van der Waals surface area contributed by atoms with E-state index in [9.17, 15) is 14.4 Å². The second kappa shape index (κ2) is 68.7. The maximum atomic E-state index is 12.9. The van der Waals surface area contributed by atoms with Gasteiger partial charge in [0.1, 0.15) is 13.2 Å². The maximum Gasteiger partial charge on any atom is 0.306 e. The molecule has 0 bridgehead atoms. The molecule has 462 valence electrons. The molecule has 0 spiro atoms. The van der Waals surface area contributed by atoms with Crippen molar-refractivity contribution in [2.45, 2.75) is 258 Å². The summed E-state index contributed by atoms with van der Waals surface area (Å²) in [5.74, 6) is -1.07. The number of carbonyl (C=O) groups excluding carboxylic acids is 3. The molecule has 0 aliphatic rings. The molecular weight excluding hydrogens is 1020 g/mol. The average molecular weight is 1140 g/mol. The number of carbonyl (C=O) groups is 3. The van der Waals surface area contributed by atoms with Gasteiger partial charge < -0.3 is 14.2 Å². The average Bonchev–Trinajstić information content (AvgIpc) is 3.49. The Morgan fingerprint density at radius 1 is 0.241 bits per heavy atom. The smallest absolute Gasteiger partial charge is 0.306 e. The third-order valence-corrected chi connectivity index (χ3v) is 13.1. The lowest BCUT2D eigenvalue weighted by Gasteiger charge is -2.18. The van der Waals surface area contributed by atoms with E-state index in [2.05, 4.69) is 203 Å². The highest BCUT2D eigenvalue weighted by Crippen LogP contribution is 2.15. The number of ether oxygens (including phenoxy) is 3. The minimum absolute atomic E-state index is 0.128. The van der Waals surface area contributed by atoms with Crippen LogP contribution in [-0.2, 0) is 28.6 Å². The van der Waals surface area contributed by atoms with Crippen molar-refractivity contribution < 1.29 is 28.6 Å². The molecule has 0 aliphatic heterocycles. The molecule has 0 aliphatic carbocycles. The maximum absolute atomic E-state index is 12.9. The van der Waals surface area contributed by atoms with E-state index in [1.54, 1.807) is 0 Å². The highest BCUT2D eigenvalue weighted by Gasteiger charge is 2.19. The predicted octanol–water partition coefficient (Wildman–Crippen LogP) is 23.0. The predicted molar refractivity (Wildman–Crippen MR) is 361 cm³/mol. The molecule has 1 atom stereocenters. The fourth-order valence-corrected chi connectivity index (χ4v) is 8.29. The summed E-state index contributed by atoms with van der Waals surface area (Å²) in [6.07, 6.45) is 105. The fourth-order valence-electron chi connectivity index (χ4n) is 8.29. The zero-order chi connectivity index (χ0) is 59.9. The van der Waals surface area contributed by atoms with Gasteiger partial charge >= 0.3 is 17.9 Å². The van der Waals surface area contributed by atoms with Crippen molar-refractivity contribution in [2.75, 3.05) is 13.2 Å². The fraction of sp³-hybridized carbons (Fsp3) is 0.545. The summed E-state index contributed by atoms with van der Waals surface area (Å²) in [5.41, 5.74) is 0. The first-order chi connectivity index (χ1) is 41.0. The van der Waals surface area contributed by atoms with Crippen molar-refractivity contribution >= 4 is 17.9 Å². The van der Waals surface area contributed by atoms with Crippen LogP contribution in [0.3, 0.4) is 0 Å². The molecule has 6 heteroatoms. The molecule has 0 N–H and O–H groups in total. The van der Waals surface area contributed by atoms with Crippen LogP contribution in [0.1, 0.15) is 252 Å². The molecular formula is C77H118O6. The van der Waals surface area contributed by atoms with Crippen molar-refractivity contribution in [3.8, 4) is 0 Å². The van der Waals surface area contributed by atoms with Crippen LogP contribution in [0, 0.1) is 0 Å². The van der Waals surface area contributed by atoms with Crippen molar-refractivity contribution in [3.05, 3.63) is 194 Å². The van der Waals surface area contributed by atoms with E-state index in [4.69, 9.17) is 14.2 Å². The lowest BCUT2D eigenvalue weighted by Crippen LogP contribution is -2.30. The lowest BCUT2D eigenvalue weighted by molar-refractivity contribution is -0.166. The van der Waals surface area contributed by atoms with Gasteiger partial charge in [-0.2, -0.15) is 0 Å². The van der Waals surface area contributed by atoms with Crippen LogP contribution >= 0.6 is 0 Å². The molecule has 83 heavy (non-hydrogen) atoms. The van der Waals surface area contributed by atoms with Crippen LogP contribution in [-0.4, -0.2) is 37.2 Å². The number of unbranched alkanes of at least 4 members (excludes halogenated alkanes) is 14. The van der Waals surface area contributed by atoms with Gasteiger partial charge in [-0.1, -0.05) is 279 Å². The van der Waals surface area contributed by atoms with E-state index in [-0.39, 0.29) is 44.0 Å². The van der Waals surface area contributed by atoms with Gasteiger partial charge in [-0.05, 0) is 148 Å². The SMILES string of the molecule is CC/C=C\C/C=C\C/C=C\C/C=C\C/C=C\C/C=C\CCCCCCCCCCCCCCC(=O)OCC(COC(=O)CC/C=C\C/C=C\C/C=C\C/C=C\CC)OC(=O)CCCC/C=C\C/C=C\C/C=C\C/C=C\C/C=C\C/C=C\CC. The standard InChI is InChI=1S/C77H118O6/c1-4-7-10-13-16-19-22-25-27-29-31-33-34-35-36-37-38-39-40-41-42-44-45-47-49-52-55-58-61-64-67-70-76(79)82-73-74(72-81-75(78)69-66-63-60-57-54-51-24-21-18-15-12-9-6-3)83-77(80)71-68-65-62-59-56-53-50-48-46-43-32-30-28-26-23-20-17-14-11-8-5-2/h7-12,16-21,25-28,31-33,35-36,38-39,43,48,50-51,54,56,59-60,63,74H,4-6,13-15,22-24,29-30,34,37,40-42,44-47,49,52-53,55,57-58,61-62,64-73H2,1-3H3/b10-7-,11-8-,12-9-,19-16-,20-17-,21-18-,27-25-,28-26-,33-31-,36-35-,39-38-,43-32-,50-48-,54-51-,59-56-,63-60-. The normalized spacial score (nSPS) is 13.4. The second-order valence-corrected chi connectivity index (χ2v) is 20.9. The molecule has 0 saturated heterocycles. The molecule has 6 nitrogen and oxygen atoms in total. The van der Waals surface area contributed by atoms with E-state index in [0.717, 1.165) is 135 Å². The zero-order valence-electron chi connectivity index (χ0n) is 52.9. The highest BCUT2D eigenvalue weighted by atomic mass is 16.6. The lowest BCUT2D eigenvalue weighted by atomic mass is 10.0. The summed E-state index contributed by atoms with van der Waals surface area (Å²) in [6, 6.07) is 0. The van der Waals surface area contributed by atoms with E-state index in [1.165, 1.54) is 64.2 Å². The molecule has 0 aromatic heterocycles. The summed E-state index contributed by atoms with van der Waals surface area (Å²) >= 11 is 0. The molecule has 0 radical (unpaired) electrons. The summed E-state index contributed by atoms with van der Waals surface area (Å²) in [7, 11) is 0. The van der Waals surface area contributed by atoms with Gasteiger partial charge in [0.05, 0.1) is 0 Å². The third kappa shape index (κ3) is 66.9. The Balaban J connectivity index is 4.41. The minimum atomic E-state index is -0.843. The Morgan fingerprint density at radius 2 is 0.458 bits per heavy atom. The van der Waals surface area contributed by atoms with Crippen molar-refractivity contribution in [2.24, 2.45) is 0 Å². The quantitative estimate of drug-likeness (QED) is 0.0261. The van der Waals surface area contributed by atoms with E-state index in [0.29, 0.717) is 19.3 Å². The zero-order valence-corrected chi connectivity index (χ0v) is 52.9. The van der Waals surface area contributed by atoms with Crippen LogP contribution in [0.5, 0.6) is 0 Å². The Morgan fingerprint density at radius 3 is 0.771 bits per heavy atom. The molecule has 0 heterocycles. The van der Waals surface area contributed by atoms with E-state index >= 15 is 0 Å². The molecule has 0 saturated carbocycles. The first-order valence-corrected chi connectivity index (χ1v) is 32.9. The van der Waals surface area contributed by atoms with Gasteiger partial charge in [0.25, 0.3) is 0 Å². The molecule has 0 aromatic rings. The largest absolute Gasteiger partial charge is 0.462 e. The summed E-state index contributed by atoms with van der Waals surface area (Å²) in [4.78, 5) is 38.3. The first-order valence-electron chi connectivity index (χ1n) is 32.9. The Bertz CT molecular complexity index is 1990. The van der Waals surface area contributed by atoms with Gasteiger partial charge in [0.15, 0.2) is 6.10 Å². The van der Waals surface area contributed by atoms with Gasteiger partial charge in [0, 0.05) is 19.3 Å². The number of allylic oxidation sites excluding steroid dienone is 32. The van der Waals surface area contributed by atoms with Gasteiger partial charge in [0.2, 0.25) is 0 Å². The van der Waals surface area contributed by atoms with E-state index in [1.807, 2.05) is 12.2 Å². The molecule has 0 aromatic carbocycles. The van der Waals surface area contributed by atoms with Crippen molar-refractivity contribution in [1.82, 2.24) is 0 Å². The van der Waals surface area contributed by atoms with Crippen LogP contribution < -0.4 is 0 Å². The van der Waals surface area contributed by atoms with Crippen LogP contribution in [0.15, 0.2) is 194 Å². The minimum Gasteiger partial charge on any atom is -0.462 e. The van der Waals surface area contributed by atoms with Crippen LogP contribution in [0.2, 0.25) is 0 Å². The van der Waals surface area contributed by atoms with E-state index < -0.39 is 6.10 Å². The highest BCUT2D eigenvalue weighted by molar-refractivity contribution is 5.71. The Kier molecular flexibility index (Phi) is 64.0. The Hall–Kier alpha value is -5.75. The van der Waals surface area contributed by atoms with Crippen molar-refractivity contribution in [1.29, 1.82) is 0 Å².